The maximum Gasteiger partial charge on any atom is 0.272 e. The van der Waals surface area contributed by atoms with Crippen LogP contribution in [-0.4, -0.2) is 30.5 Å². The number of halogens is 3. The van der Waals surface area contributed by atoms with Gasteiger partial charge in [-0.15, -0.1) is 35.3 Å². The van der Waals surface area contributed by atoms with Gasteiger partial charge < -0.3 is 15.4 Å². The molecule has 0 aliphatic carbocycles. The van der Waals surface area contributed by atoms with E-state index in [1.165, 1.54) is 4.88 Å². The molecule has 0 radical (unpaired) electrons. The number of nitrogens with one attached hydrogen (secondary N) is 2. The molecule has 9 heteroatoms. The number of guanidine groups is 1. The molecule has 0 aliphatic rings. The summed E-state index contributed by atoms with van der Waals surface area (Å²) in [5.74, 6) is 1.11. The normalized spacial score (nSPS) is 11.3. The summed E-state index contributed by atoms with van der Waals surface area (Å²) in [6.07, 6.45) is -2.49. The van der Waals surface area contributed by atoms with E-state index in [0.29, 0.717) is 24.8 Å². The summed E-state index contributed by atoms with van der Waals surface area (Å²) in [6, 6.07) is 7.05. The van der Waals surface area contributed by atoms with Crippen molar-refractivity contribution in [3.05, 3.63) is 45.4 Å². The Morgan fingerprint density at radius 2 is 2.07 bits per heavy atom. The third kappa shape index (κ3) is 8.37. The SMILES string of the molecule is CCNC(=NCc1cccc(OCC(F)F)c1)NCc1sc(C)nc1C.I. The summed E-state index contributed by atoms with van der Waals surface area (Å²) < 4.78 is 29.5. The molecule has 0 unspecified atom stereocenters. The van der Waals surface area contributed by atoms with E-state index in [-0.39, 0.29) is 24.0 Å². The van der Waals surface area contributed by atoms with Crippen molar-refractivity contribution in [2.45, 2.75) is 40.3 Å². The first-order valence-electron chi connectivity index (χ1n) is 8.43. The Morgan fingerprint density at radius 1 is 1.30 bits per heavy atom. The lowest BCUT2D eigenvalue weighted by Crippen LogP contribution is -2.36. The van der Waals surface area contributed by atoms with Crippen molar-refractivity contribution >= 4 is 41.3 Å². The van der Waals surface area contributed by atoms with Crippen LogP contribution in [0.25, 0.3) is 0 Å². The molecular weight excluding hydrogens is 485 g/mol. The van der Waals surface area contributed by atoms with E-state index in [0.717, 1.165) is 22.8 Å². The number of hydrogen-bond donors (Lipinski definition) is 2. The number of aliphatic imine (C=N–C) groups is 1. The van der Waals surface area contributed by atoms with Crippen LogP contribution in [0.3, 0.4) is 0 Å². The van der Waals surface area contributed by atoms with Crippen LogP contribution in [0.5, 0.6) is 5.75 Å². The Bertz CT molecular complexity index is 740. The molecule has 2 rings (SSSR count). The predicted molar refractivity (Wildman–Crippen MR) is 117 cm³/mol. The topological polar surface area (TPSA) is 58.5 Å². The number of benzene rings is 1. The van der Waals surface area contributed by atoms with Gasteiger partial charge >= 0.3 is 0 Å². The molecule has 1 aromatic heterocycles. The molecule has 2 N–H and O–H groups in total. The van der Waals surface area contributed by atoms with Gasteiger partial charge in [-0.25, -0.2) is 18.8 Å². The van der Waals surface area contributed by atoms with Crippen LogP contribution in [0, 0.1) is 13.8 Å². The maximum atomic E-state index is 12.2. The molecule has 1 aromatic carbocycles. The highest BCUT2D eigenvalue weighted by Gasteiger charge is 2.07. The van der Waals surface area contributed by atoms with Crippen LogP contribution >= 0.6 is 35.3 Å². The second-order valence-electron chi connectivity index (χ2n) is 5.64. The first-order valence-corrected chi connectivity index (χ1v) is 9.24. The molecule has 0 fully saturated rings. The zero-order valence-electron chi connectivity index (χ0n) is 15.6. The quantitative estimate of drug-likeness (QED) is 0.317. The number of hydrogen-bond acceptors (Lipinski definition) is 4. The molecule has 0 bridgehead atoms. The van der Waals surface area contributed by atoms with Crippen molar-refractivity contribution in [3.8, 4) is 5.75 Å². The van der Waals surface area contributed by atoms with Crippen molar-refractivity contribution in [2.24, 2.45) is 4.99 Å². The van der Waals surface area contributed by atoms with E-state index >= 15 is 0 Å². The number of aryl methyl sites for hydroxylation is 2. The number of aromatic nitrogens is 1. The summed E-state index contributed by atoms with van der Waals surface area (Å²) in [7, 11) is 0. The standard InChI is InChI=1S/C18H24F2N4OS.HI/c1-4-21-18(23-10-16-12(2)24-13(3)26-16)22-9-14-6-5-7-15(8-14)25-11-17(19)20;/h5-8,17H,4,9-11H2,1-3H3,(H2,21,22,23);1H. The van der Waals surface area contributed by atoms with Crippen LogP contribution in [0.15, 0.2) is 29.3 Å². The first-order chi connectivity index (χ1) is 12.5. The van der Waals surface area contributed by atoms with Crippen LogP contribution in [0.2, 0.25) is 0 Å². The molecule has 5 nitrogen and oxygen atoms in total. The molecule has 150 valence electrons. The van der Waals surface area contributed by atoms with Gasteiger partial charge in [0.1, 0.15) is 12.4 Å². The lowest BCUT2D eigenvalue weighted by Gasteiger charge is -2.11. The van der Waals surface area contributed by atoms with Gasteiger partial charge in [0.2, 0.25) is 0 Å². The first kappa shape index (κ1) is 23.5. The van der Waals surface area contributed by atoms with Crippen molar-refractivity contribution in [2.75, 3.05) is 13.2 Å². The number of nitrogens with zero attached hydrogens (tertiary/aromatic N) is 2. The van der Waals surface area contributed by atoms with Gasteiger partial charge in [0, 0.05) is 11.4 Å². The van der Waals surface area contributed by atoms with E-state index in [9.17, 15) is 8.78 Å². The van der Waals surface area contributed by atoms with E-state index in [4.69, 9.17) is 4.74 Å². The Balaban J connectivity index is 0.00000364. The van der Waals surface area contributed by atoms with E-state index in [1.807, 2.05) is 26.8 Å². The minimum absolute atomic E-state index is 0. The molecule has 1 heterocycles. The van der Waals surface area contributed by atoms with Gasteiger partial charge in [-0.05, 0) is 38.5 Å². The summed E-state index contributed by atoms with van der Waals surface area (Å²) >= 11 is 1.66. The Hall–Kier alpha value is -1.49. The third-order valence-corrected chi connectivity index (χ3v) is 4.53. The van der Waals surface area contributed by atoms with Crippen LogP contribution in [0.1, 0.15) is 28.1 Å². The summed E-state index contributed by atoms with van der Waals surface area (Å²) in [5.41, 5.74) is 1.92. The number of rotatable bonds is 8. The van der Waals surface area contributed by atoms with Gasteiger partial charge in [-0.3, -0.25) is 0 Å². The van der Waals surface area contributed by atoms with Crippen LogP contribution in [0.4, 0.5) is 8.78 Å². The monoisotopic (exact) mass is 510 g/mol. The molecule has 0 atom stereocenters. The Morgan fingerprint density at radius 3 is 2.70 bits per heavy atom. The summed E-state index contributed by atoms with van der Waals surface area (Å²) in [6.45, 7) is 7.19. The largest absolute Gasteiger partial charge is 0.488 e. The molecule has 0 saturated heterocycles. The van der Waals surface area contributed by atoms with Gasteiger partial charge in [-0.2, -0.15) is 0 Å². The lowest BCUT2D eigenvalue weighted by atomic mass is 10.2. The minimum Gasteiger partial charge on any atom is -0.488 e. The zero-order valence-corrected chi connectivity index (χ0v) is 18.7. The number of thiazole rings is 1. The highest BCUT2D eigenvalue weighted by molar-refractivity contribution is 14.0. The van der Waals surface area contributed by atoms with Crippen molar-refractivity contribution in [1.82, 2.24) is 15.6 Å². The third-order valence-electron chi connectivity index (χ3n) is 3.45. The minimum atomic E-state index is -2.49. The predicted octanol–water partition coefficient (Wildman–Crippen LogP) is 4.28. The highest BCUT2D eigenvalue weighted by Crippen LogP contribution is 2.17. The summed E-state index contributed by atoms with van der Waals surface area (Å²) in [5, 5.41) is 7.54. The van der Waals surface area contributed by atoms with Gasteiger partial charge in [-0.1, -0.05) is 12.1 Å². The van der Waals surface area contributed by atoms with Crippen molar-refractivity contribution in [3.63, 3.8) is 0 Å². The lowest BCUT2D eigenvalue weighted by molar-refractivity contribution is 0.0818. The van der Waals surface area contributed by atoms with E-state index < -0.39 is 13.0 Å². The van der Waals surface area contributed by atoms with Crippen LogP contribution in [-0.2, 0) is 13.1 Å². The zero-order chi connectivity index (χ0) is 18.9. The molecule has 0 spiro atoms. The highest BCUT2D eigenvalue weighted by atomic mass is 127. The van der Waals surface area contributed by atoms with E-state index in [1.54, 1.807) is 29.5 Å². The molecule has 0 saturated carbocycles. The molecule has 2 aromatic rings. The average Bonchev–Trinajstić information content (AvgIpc) is 2.93. The number of ether oxygens (including phenoxy) is 1. The Kier molecular flexibility index (Phi) is 10.5. The van der Waals surface area contributed by atoms with E-state index in [2.05, 4.69) is 20.6 Å². The summed E-state index contributed by atoms with van der Waals surface area (Å²) in [4.78, 5) is 10.1. The molecule has 0 amide bonds. The van der Waals surface area contributed by atoms with Gasteiger partial charge in [0.05, 0.1) is 23.8 Å². The average molecular weight is 510 g/mol. The van der Waals surface area contributed by atoms with Crippen molar-refractivity contribution in [1.29, 1.82) is 0 Å². The van der Waals surface area contributed by atoms with Crippen LogP contribution < -0.4 is 15.4 Å². The van der Waals surface area contributed by atoms with Gasteiger partial charge in [0.25, 0.3) is 6.43 Å². The fourth-order valence-electron chi connectivity index (χ4n) is 2.31. The number of alkyl halides is 2. The van der Waals surface area contributed by atoms with Crippen molar-refractivity contribution < 1.29 is 13.5 Å². The molecule has 27 heavy (non-hydrogen) atoms. The molecular formula is C18H25F2IN4OS. The fourth-order valence-corrected chi connectivity index (χ4v) is 3.18. The second kappa shape index (κ2) is 12.1. The Labute approximate surface area is 179 Å². The fraction of sp³-hybridized carbons (Fsp3) is 0.444. The molecule has 0 aliphatic heterocycles. The maximum absolute atomic E-state index is 12.2. The van der Waals surface area contributed by atoms with Gasteiger partial charge in [0.15, 0.2) is 5.96 Å². The smallest absolute Gasteiger partial charge is 0.272 e. The second-order valence-corrected chi connectivity index (χ2v) is 6.93.